The fourth-order valence-electron chi connectivity index (χ4n) is 3.24. The summed E-state index contributed by atoms with van der Waals surface area (Å²) in [5.41, 5.74) is 3.81. The Morgan fingerprint density at radius 2 is 2.30 bits per heavy atom. The van der Waals surface area contributed by atoms with Crippen LogP contribution in [0.5, 0.6) is 0 Å². The van der Waals surface area contributed by atoms with Crippen LogP contribution in [-0.4, -0.2) is 26.8 Å². The molecule has 0 radical (unpaired) electrons. The van der Waals surface area contributed by atoms with Gasteiger partial charge in [0.2, 0.25) is 0 Å². The van der Waals surface area contributed by atoms with Crippen molar-refractivity contribution in [2.24, 2.45) is 5.92 Å². The van der Waals surface area contributed by atoms with Crippen molar-refractivity contribution in [3.05, 3.63) is 47.5 Å². The molecule has 1 aromatic carbocycles. The number of nitrogens with zero attached hydrogens (tertiary/aromatic N) is 3. The number of nitrogens with one attached hydrogen (secondary N) is 2. The lowest BCUT2D eigenvalue weighted by molar-refractivity contribution is 0.229. The minimum atomic E-state index is -0.135. The average molecular weight is 313 g/mol. The van der Waals surface area contributed by atoms with E-state index < -0.39 is 0 Å². The normalized spacial score (nSPS) is 20.8. The first-order chi connectivity index (χ1) is 11.0. The number of fused-ring (bicyclic) bond motifs is 1. The highest BCUT2D eigenvalue weighted by Gasteiger charge is 2.30. The number of amides is 2. The first kappa shape index (κ1) is 15.5. The van der Waals surface area contributed by atoms with Crippen molar-refractivity contribution >= 4 is 6.03 Å². The van der Waals surface area contributed by atoms with Crippen LogP contribution in [0.25, 0.3) is 0 Å². The van der Waals surface area contributed by atoms with Crippen LogP contribution in [0.3, 0.4) is 0 Å². The lowest BCUT2D eigenvalue weighted by atomic mass is 10.0. The highest BCUT2D eigenvalue weighted by molar-refractivity contribution is 5.75. The molecule has 0 saturated heterocycles. The molecular formula is C17H23N5O. The number of aromatic nitrogens is 3. The van der Waals surface area contributed by atoms with E-state index in [9.17, 15) is 4.79 Å². The molecule has 2 N–H and O–H groups in total. The van der Waals surface area contributed by atoms with Crippen LogP contribution in [-0.2, 0) is 13.0 Å². The number of aryl methyl sites for hydroxylation is 1. The molecule has 1 aliphatic rings. The molecule has 0 spiro atoms. The van der Waals surface area contributed by atoms with Crippen molar-refractivity contribution < 1.29 is 4.79 Å². The molecule has 6 nitrogen and oxygen atoms in total. The van der Waals surface area contributed by atoms with Gasteiger partial charge in [-0.2, -0.15) is 5.10 Å². The third-order valence-electron chi connectivity index (χ3n) is 4.34. The second kappa shape index (κ2) is 6.40. The second-order valence-electron chi connectivity index (χ2n) is 6.50. The molecule has 0 saturated carbocycles. The lowest BCUT2D eigenvalue weighted by Crippen LogP contribution is -2.44. The Balaban J connectivity index is 1.61. The van der Waals surface area contributed by atoms with Crippen molar-refractivity contribution in [2.45, 2.75) is 45.8 Å². The maximum atomic E-state index is 12.3. The van der Waals surface area contributed by atoms with Gasteiger partial charge in [0.1, 0.15) is 12.7 Å². The number of carbonyl (C=O) groups excluding carboxylic acids is 1. The van der Waals surface area contributed by atoms with Gasteiger partial charge in [-0.3, -0.25) is 4.68 Å². The zero-order chi connectivity index (χ0) is 16.4. The Kier molecular flexibility index (Phi) is 4.32. The quantitative estimate of drug-likeness (QED) is 0.909. The molecule has 1 aliphatic carbocycles. The predicted octanol–water partition coefficient (Wildman–Crippen LogP) is 2.21. The maximum absolute atomic E-state index is 12.3. The number of rotatable bonds is 4. The van der Waals surface area contributed by atoms with Gasteiger partial charge in [-0.05, 0) is 37.3 Å². The maximum Gasteiger partial charge on any atom is 0.315 e. The molecule has 3 rings (SSSR count). The third kappa shape index (κ3) is 3.52. The molecule has 0 aliphatic heterocycles. The monoisotopic (exact) mass is 313 g/mol. The second-order valence-corrected chi connectivity index (χ2v) is 6.50. The van der Waals surface area contributed by atoms with Crippen molar-refractivity contribution in [1.82, 2.24) is 25.4 Å². The smallest absolute Gasteiger partial charge is 0.315 e. The molecule has 122 valence electrons. The summed E-state index contributed by atoms with van der Waals surface area (Å²) in [7, 11) is 0. The Hall–Kier alpha value is -2.37. The first-order valence-corrected chi connectivity index (χ1v) is 8.02. The number of urea groups is 1. The van der Waals surface area contributed by atoms with E-state index >= 15 is 0 Å². The molecular weight excluding hydrogens is 290 g/mol. The van der Waals surface area contributed by atoms with Crippen LogP contribution in [0.1, 0.15) is 36.6 Å². The minimum absolute atomic E-state index is 0.0228. The predicted molar refractivity (Wildman–Crippen MR) is 87.9 cm³/mol. The zero-order valence-corrected chi connectivity index (χ0v) is 13.8. The van der Waals surface area contributed by atoms with Gasteiger partial charge in [0.15, 0.2) is 0 Å². The largest absolute Gasteiger partial charge is 0.334 e. The number of hydrogen-bond donors (Lipinski definition) is 2. The summed E-state index contributed by atoms with van der Waals surface area (Å²) >= 11 is 0. The van der Waals surface area contributed by atoms with E-state index in [0.717, 1.165) is 6.42 Å². The van der Waals surface area contributed by atoms with Crippen molar-refractivity contribution in [2.75, 3.05) is 0 Å². The summed E-state index contributed by atoms with van der Waals surface area (Å²) in [5.74, 6) is 0.406. The molecule has 2 amide bonds. The van der Waals surface area contributed by atoms with E-state index in [4.69, 9.17) is 0 Å². The highest BCUT2D eigenvalue weighted by atomic mass is 16.2. The van der Waals surface area contributed by atoms with Gasteiger partial charge < -0.3 is 10.6 Å². The lowest BCUT2D eigenvalue weighted by Gasteiger charge is -2.21. The van der Waals surface area contributed by atoms with Crippen LogP contribution in [0.2, 0.25) is 0 Å². The molecule has 1 heterocycles. The minimum Gasteiger partial charge on any atom is -0.334 e. The Morgan fingerprint density at radius 3 is 3.04 bits per heavy atom. The van der Waals surface area contributed by atoms with Gasteiger partial charge in [0.05, 0.1) is 12.6 Å². The molecule has 0 bridgehead atoms. The van der Waals surface area contributed by atoms with E-state index in [1.54, 1.807) is 11.0 Å². The molecule has 2 aromatic rings. The first-order valence-electron chi connectivity index (χ1n) is 8.02. The fraction of sp³-hybridized carbons (Fsp3) is 0.471. The van der Waals surface area contributed by atoms with Crippen LogP contribution in [0.15, 0.2) is 30.9 Å². The van der Waals surface area contributed by atoms with Gasteiger partial charge in [-0.15, -0.1) is 0 Å². The zero-order valence-electron chi connectivity index (χ0n) is 13.8. The topological polar surface area (TPSA) is 71.8 Å². The van der Waals surface area contributed by atoms with Crippen LogP contribution in [0, 0.1) is 12.8 Å². The van der Waals surface area contributed by atoms with E-state index in [1.807, 2.05) is 6.92 Å². The fourth-order valence-corrected chi connectivity index (χ4v) is 3.24. The summed E-state index contributed by atoms with van der Waals surface area (Å²) in [6, 6.07) is 6.41. The average Bonchev–Trinajstić information content (AvgIpc) is 3.08. The van der Waals surface area contributed by atoms with E-state index in [-0.39, 0.29) is 18.1 Å². The Morgan fingerprint density at radius 1 is 1.48 bits per heavy atom. The number of hydrogen-bond acceptors (Lipinski definition) is 3. The summed E-state index contributed by atoms with van der Waals surface area (Å²) in [6.07, 6.45) is 4.15. The highest BCUT2D eigenvalue weighted by Crippen LogP contribution is 2.36. The van der Waals surface area contributed by atoms with Crippen molar-refractivity contribution in [3.8, 4) is 0 Å². The van der Waals surface area contributed by atoms with Gasteiger partial charge in [0.25, 0.3) is 0 Å². The Bertz CT molecular complexity index is 682. The Labute approximate surface area is 136 Å². The molecule has 0 fully saturated rings. The van der Waals surface area contributed by atoms with E-state index in [1.165, 1.54) is 23.0 Å². The number of benzene rings is 1. The van der Waals surface area contributed by atoms with Crippen LogP contribution >= 0.6 is 0 Å². The van der Waals surface area contributed by atoms with Gasteiger partial charge in [0, 0.05) is 6.04 Å². The molecule has 1 aromatic heterocycles. The number of carbonyl (C=O) groups is 1. The summed E-state index contributed by atoms with van der Waals surface area (Å²) in [5, 5.41) is 10.2. The summed E-state index contributed by atoms with van der Waals surface area (Å²) < 4.78 is 1.71. The van der Waals surface area contributed by atoms with Crippen LogP contribution < -0.4 is 10.6 Å². The van der Waals surface area contributed by atoms with Gasteiger partial charge >= 0.3 is 6.03 Å². The molecule has 3 atom stereocenters. The van der Waals surface area contributed by atoms with Gasteiger partial charge in [-0.1, -0.05) is 30.7 Å². The summed E-state index contributed by atoms with van der Waals surface area (Å²) in [4.78, 5) is 16.2. The standard InChI is InChI=1S/C17H23N5O/c1-11-4-5-14-7-12(2)16(15(14)6-11)21-17(23)20-13(3)8-22-10-18-9-19-22/h4-6,9-10,12-13,16H,7-8H2,1-3H3,(H2,20,21,23)/t12-,13+,16+/m0/s1. The third-order valence-corrected chi connectivity index (χ3v) is 4.34. The molecule has 0 unspecified atom stereocenters. The van der Waals surface area contributed by atoms with Crippen LogP contribution in [0.4, 0.5) is 4.79 Å². The van der Waals surface area contributed by atoms with Gasteiger partial charge in [-0.25, -0.2) is 9.78 Å². The van der Waals surface area contributed by atoms with Crippen molar-refractivity contribution in [3.63, 3.8) is 0 Å². The molecule has 6 heteroatoms. The van der Waals surface area contributed by atoms with Crippen molar-refractivity contribution in [1.29, 1.82) is 0 Å². The SMILES string of the molecule is Cc1ccc2c(c1)[C@H](NC(=O)N[C@H](C)Cn1cncn1)[C@@H](C)C2. The molecule has 23 heavy (non-hydrogen) atoms. The summed E-state index contributed by atoms with van der Waals surface area (Å²) in [6.45, 7) is 6.82. The van der Waals surface area contributed by atoms with E-state index in [2.05, 4.69) is 52.8 Å². The van der Waals surface area contributed by atoms with E-state index in [0.29, 0.717) is 12.5 Å².